The van der Waals surface area contributed by atoms with Gasteiger partial charge in [0.15, 0.2) is 6.29 Å². The molecule has 3 nitrogen and oxygen atoms in total. The zero-order valence-electron chi connectivity index (χ0n) is 5.72. The second-order valence-electron chi connectivity index (χ2n) is 1.94. The third-order valence-corrected chi connectivity index (χ3v) is 1.44. The van der Waals surface area contributed by atoms with E-state index in [1.807, 2.05) is 0 Å². The Bertz CT molecular complexity index is 81.1. The van der Waals surface area contributed by atoms with Gasteiger partial charge in [0.2, 0.25) is 0 Å². The van der Waals surface area contributed by atoms with Crippen molar-refractivity contribution in [1.82, 2.24) is 0 Å². The molecular weight excluding hydrogens is 156 g/mol. The molecule has 1 aliphatic rings. The third-order valence-electron chi connectivity index (χ3n) is 1.19. The summed E-state index contributed by atoms with van der Waals surface area (Å²) in [6.45, 7) is 2.41. The fraction of sp³-hybridized carbons (Fsp3) is 1.00. The van der Waals surface area contributed by atoms with E-state index in [0.29, 0.717) is 32.3 Å². The number of hydrogen-bond donors (Lipinski definition) is 0. The molecule has 0 N–H and O–H groups in total. The molecule has 0 aromatic rings. The Hall–Kier alpha value is 0.170. The van der Waals surface area contributed by atoms with Gasteiger partial charge in [-0.25, -0.2) is 0 Å². The third kappa shape index (κ3) is 2.84. The smallest absolute Gasteiger partial charge is 0.171 e. The van der Waals surface area contributed by atoms with Crippen LogP contribution in [0.3, 0.4) is 0 Å². The van der Waals surface area contributed by atoms with Crippen molar-refractivity contribution in [2.75, 3.05) is 32.3 Å². The molecule has 0 spiro atoms. The van der Waals surface area contributed by atoms with Gasteiger partial charge in [0, 0.05) is 0 Å². The van der Waals surface area contributed by atoms with Gasteiger partial charge < -0.3 is 14.2 Å². The summed E-state index contributed by atoms with van der Waals surface area (Å²) in [4.78, 5) is 0. The first-order valence-corrected chi connectivity index (χ1v) is 3.84. The van der Waals surface area contributed by atoms with Gasteiger partial charge in [0.25, 0.3) is 0 Å². The lowest BCUT2D eigenvalue weighted by Crippen LogP contribution is -2.26. The lowest BCUT2D eigenvalue weighted by molar-refractivity contribution is -0.166. The highest BCUT2D eigenvalue weighted by atomic mass is 35.5. The molecule has 0 unspecified atom stereocenters. The monoisotopic (exact) mass is 166 g/mol. The Balaban J connectivity index is 2.16. The van der Waals surface area contributed by atoms with Crippen molar-refractivity contribution in [3.63, 3.8) is 0 Å². The number of alkyl halides is 1. The van der Waals surface area contributed by atoms with E-state index in [9.17, 15) is 0 Å². The summed E-state index contributed by atoms with van der Waals surface area (Å²) >= 11 is 5.52. The molecule has 0 saturated carbocycles. The summed E-state index contributed by atoms with van der Waals surface area (Å²) in [6.07, 6.45) is -0.245. The average molecular weight is 167 g/mol. The average Bonchev–Trinajstić information content (AvgIpc) is 1.87. The van der Waals surface area contributed by atoms with Gasteiger partial charge in [0.1, 0.15) is 0 Å². The minimum atomic E-state index is -0.245. The molecule has 0 bridgehead atoms. The summed E-state index contributed by atoms with van der Waals surface area (Å²) in [6, 6.07) is 0. The Labute approximate surface area is 65.2 Å². The van der Waals surface area contributed by atoms with Gasteiger partial charge >= 0.3 is 0 Å². The van der Waals surface area contributed by atoms with Gasteiger partial charge in [-0.15, -0.1) is 11.6 Å². The molecule has 0 atom stereocenters. The van der Waals surface area contributed by atoms with Crippen LogP contribution in [-0.4, -0.2) is 38.6 Å². The fourth-order valence-electron chi connectivity index (χ4n) is 0.716. The molecule has 0 amide bonds. The quantitative estimate of drug-likeness (QED) is 0.535. The van der Waals surface area contributed by atoms with E-state index in [0.717, 1.165) is 0 Å². The largest absolute Gasteiger partial charge is 0.377 e. The summed E-state index contributed by atoms with van der Waals surface area (Å²) < 4.78 is 15.4. The maximum absolute atomic E-state index is 5.52. The number of hydrogen-bond acceptors (Lipinski definition) is 3. The van der Waals surface area contributed by atoms with Crippen LogP contribution in [0, 0.1) is 0 Å². The van der Waals surface area contributed by atoms with Gasteiger partial charge in [-0.2, -0.15) is 0 Å². The molecule has 0 aromatic heterocycles. The first-order chi connectivity index (χ1) is 4.93. The van der Waals surface area contributed by atoms with Crippen LogP contribution in [0.4, 0.5) is 0 Å². The Morgan fingerprint density at radius 2 is 1.70 bits per heavy atom. The molecule has 60 valence electrons. The van der Waals surface area contributed by atoms with Crippen LogP contribution in [0.25, 0.3) is 0 Å². The molecule has 1 aliphatic heterocycles. The Morgan fingerprint density at radius 3 is 2.20 bits per heavy atom. The van der Waals surface area contributed by atoms with Crippen molar-refractivity contribution in [1.29, 1.82) is 0 Å². The predicted molar refractivity (Wildman–Crippen MR) is 37.2 cm³/mol. The van der Waals surface area contributed by atoms with Gasteiger partial charge in [0.05, 0.1) is 32.3 Å². The lowest BCUT2D eigenvalue weighted by Gasteiger charge is -2.18. The number of ether oxygens (including phenoxy) is 3. The summed E-state index contributed by atoms with van der Waals surface area (Å²) in [7, 11) is 0. The second kappa shape index (κ2) is 4.91. The zero-order valence-corrected chi connectivity index (χ0v) is 6.47. The fourth-order valence-corrected chi connectivity index (χ4v) is 0.894. The highest BCUT2D eigenvalue weighted by Crippen LogP contribution is 2.00. The van der Waals surface area contributed by atoms with Gasteiger partial charge in [-0.05, 0) is 0 Å². The maximum Gasteiger partial charge on any atom is 0.171 e. The Morgan fingerprint density at radius 1 is 1.10 bits per heavy atom. The minimum Gasteiger partial charge on any atom is -0.377 e. The van der Waals surface area contributed by atoms with Crippen molar-refractivity contribution in [2.45, 2.75) is 6.29 Å². The van der Waals surface area contributed by atoms with E-state index < -0.39 is 0 Å². The molecule has 1 fully saturated rings. The second-order valence-corrected chi connectivity index (χ2v) is 2.25. The molecule has 0 radical (unpaired) electrons. The van der Waals surface area contributed by atoms with Crippen LogP contribution < -0.4 is 0 Å². The summed E-state index contributed by atoms with van der Waals surface area (Å²) in [5, 5.41) is 0. The maximum atomic E-state index is 5.52. The van der Waals surface area contributed by atoms with Crippen molar-refractivity contribution in [2.24, 2.45) is 0 Å². The van der Waals surface area contributed by atoms with Crippen molar-refractivity contribution < 1.29 is 14.2 Å². The molecule has 4 heteroatoms. The first-order valence-electron chi connectivity index (χ1n) is 3.30. The highest BCUT2D eigenvalue weighted by molar-refractivity contribution is 6.18. The molecule has 1 rings (SSSR count). The van der Waals surface area contributed by atoms with E-state index >= 15 is 0 Å². The highest BCUT2D eigenvalue weighted by Gasteiger charge is 2.09. The summed E-state index contributed by atoms with van der Waals surface area (Å²) in [5.74, 6) is 0.389. The molecular formula is C6H11ClO3. The van der Waals surface area contributed by atoms with Crippen LogP contribution in [0.5, 0.6) is 0 Å². The number of halogens is 1. The topological polar surface area (TPSA) is 27.7 Å². The van der Waals surface area contributed by atoms with Crippen molar-refractivity contribution in [3.05, 3.63) is 0 Å². The van der Waals surface area contributed by atoms with E-state index in [2.05, 4.69) is 0 Å². The van der Waals surface area contributed by atoms with E-state index in [-0.39, 0.29) is 6.29 Å². The normalized spacial score (nSPS) is 23.7. The van der Waals surface area contributed by atoms with Gasteiger partial charge in [-0.1, -0.05) is 0 Å². The first kappa shape index (κ1) is 8.27. The van der Waals surface area contributed by atoms with Crippen molar-refractivity contribution in [3.8, 4) is 0 Å². The van der Waals surface area contributed by atoms with E-state index in [1.54, 1.807) is 0 Å². The molecule has 1 heterocycles. The standard InChI is InChI=1S/C6H11ClO3/c7-5-6-9-3-1-8-2-4-10-6/h6H,1-5H2. The zero-order chi connectivity index (χ0) is 7.23. The predicted octanol–water partition coefficient (Wildman–Crippen LogP) is 0.615. The molecule has 1 saturated heterocycles. The summed E-state index contributed by atoms with van der Waals surface area (Å²) in [5.41, 5.74) is 0. The molecule has 10 heavy (non-hydrogen) atoms. The Kier molecular flexibility index (Phi) is 4.06. The SMILES string of the molecule is ClCC1OCCOCCO1. The van der Waals surface area contributed by atoms with Crippen LogP contribution >= 0.6 is 11.6 Å². The van der Waals surface area contributed by atoms with E-state index in [1.165, 1.54) is 0 Å². The minimum absolute atomic E-state index is 0.245. The molecule has 0 aliphatic carbocycles. The van der Waals surface area contributed by atoms with Crippen LogP contribution in [0.15, 0.2) is 0 Å². The van der Waals surface area contributed by atoms with Crippen LogP contribution in [0.2, 0.25) is 0 Å². The molecule has 0 aromatic carbocycles. The number of rotatable bonds is 1. The van der Waals surface area contributed by atoms with Crippen LogP contribution in [-0.2, 0) is 14.2 Å². The van der Waals surface area contributed by atoms with Gasteiger partial charge in [-0.3, -0.25) is 0 Å². The van der Waals surface area contributed by atoms with Crippen LogP contribution in [0.1, 0.15) is 0 Å². The van der Waals surface area contributed by atoms with E-state index in [4.69, 9.17) is 25.8 Å². The van der Waals surface area contributed by atoms with Crippen molar-refractivity contribution >= 4 is 11.6 Å². The lowest BCUT2D eigenvalue weighted by atomic mass is 10.6.